The fraction of sp³-hybridized carbons (Fsp3) is 0.333. The van der Waals surface area contributed by atoms with Crippen molar-refractivity contribution >= 4 is 11.9 Å². The van der Waals surface area contributed by atoms with Crippen molar-refractivity contribution in [2.75, 3.05) is 6.54 Å². The predicted octanol–water partition coefficient (Wildman–Crippen LogP) is 1.78. The van der Waals surface area contributed by atoms with Crippen molar-refractivity contribution in [3.8, 4) is 5.75 Å². The Bertz CT molecular complexity index is 864. The summed E-state index contributed by atoms with van der Waals surface area (Å²) in [6.45, 7) is 5.05. The summed E-state index contributed by atoms with van der Waals surface area (Å²) >= 11 is 0. The van der Waals surface area contributed by atoms with Crippen molar-refractivity contribution in [1.29, 1.82) is 0 Å². The minimum Gasteiger partial charge on any atom is -0.508 e. The zero-order chi connectivity index (χ0) is 19.6. The van der Waals surface area contributed by atoms with Gasteiger partial charge in [-0.1, -0.05) is 24.3 Å². The third-order valence-corrected chi connectivity index (χ3v) is 5.11. The molecule has 0 bridgehead atoms. The van der Waals surface area contributed by atoms with Crippen LogP contribution in [0.4, 0.5) is 0 Å². The summed E-state index contributed by atoms with van der Waals surface area (Å²) in [4.78, 5) is 19.2. The first kappa shape index (κ1) is 18.8. The number of rotatable bonds is 4. The van der Waals surface area contributed by atoms with Crippen LogP contribution in [0, 0.1) is 13.8 Å². The van der Waals surface area contributed by atoms with Gasteiger partial charge < -0.3 is 21.5 Å². The Kier molecular flexibility index (Phi) is 5.35. The van der Waals surface area contributed by atoms with Gasteiger partial charge in [-0.15, -0.1) is 0 Å². The largest absolute Gasteiger partial charge is 0.508 e. The average molecular weight is 366 g/mol. The number of aromatic hydroxyl groups is 1. The molecule has 1 amide bonds. The lowest BCUT2D eigenvalue weighted by atomic mass is 9.94. The Morgan fingerprint density at radius 2 is 1.81 bits per heavy atom. The Balaban J connectivity index is 1.86. The summed E-state index contributed by atoms with van der Waals surface area (Å²) in [6, 6.07) is 10.9. The summed E-state index contributed by atoms with van der Waals surface area (Å²) in [7, 11) is 0. The van der Waals surface area contributed by atoms with Crippen LogP contribution in [-0.4, -0.2) is 34.5 Å². The molecule has 1 atom stereocenters. The van der Waals surface area contributed by atoms with E-state index in [0.717, 1.165) is 28.7 Å². The standard InChI is InChI=1S/C21H26N4O2/c1-13-9-17(26)10-14(2)18(13)11-19(24-21(22)23)20(27)25-8-7-15-5-3-4-6-16(15)12-25/h3-6,9-10,19,26H,7-8,11-12H2,1-2H3,(H4,22,23,24). The molecule has 0 aromatic heterocycles. The van der Waals surface area contributed by atoms with Gasteiger partial charge in [0.15, 0.2) is 5.96 Å². The van der Waals surface area contributed by atoms with Crippen molar-refractivity contribution in [1.82, 2.24) is 4.90 Å². The van der Waals surface area contributed by atoms with E-state index in [1.807, 2.05) is 30.9 Å². The number of fused-ring (bicyclic) bond motifs is 1. The normalized spacial score (nSPS) is 14.4. The molecule has 0 aliphatic carbocycles. The molecule has 3 rings (SSSR count). The van der Waals surface area contributed by atoms with Crippen LogP contribution in [-0.2, 0) is 24.2 Å². The molecule has 142 valence electrons. The summed E-state index contributed by atoms with van der Waals surface area (Å²) in [6.07, 6.45) is 1.22. The van der Waals surface area contributed by atoms with Crippen LogP contribution in [0.25, 0.3) is 0 Å². The molecule has 1 unspecified atom stereocenters. The number of guanidine groups is 1. The number of carbonyl (C=O) groups excluding carboxylic acids is 1. The Morgan fingerprint density at radius 3 is 2.44 bits per heavy atom. The number of amides is 1. The monoisotopic (exact) mass is 366 g/mol. The second-order valence-electron chi connectivity index (χ2n) is 7.11. The molecule has 0 radical (unpaired) electrons. The van der Waals surface area contributed by atoms with Gasteiger partial charge in [0.05, 0.1) is 0 Å². The maximum absolute atomic E-state index is 13.2. The third kappa shape index (κ3) is 4.22. The second-order valence-corrected chi connectivity index (χ2v) is 7.11. The highest BCUT2D eigenvalue weighted by molar-refractivity contribution is 5.86. The lowest BCUT2D eigenvalue weighted by Crippen LogP contribution is -2.43. The molecule has 1 aliphatic rings. The number of benzene rings is 2. The number of aliphatic imine (C=N–C) groups is 1. The molecule has 6 nitrogen and oxygen atoms in total. The lowest BCUT2D eigenvalue weighted by molar-refractivity contribution is -0.133. The molecule has 1 heterocycles. The minimum atomic E-state index is -0.679. The fourth-order valence-corrected chi connectivity index (χ4v) is 3.75. The first-order chi connectivity index (χ1) is 12.8. The smallest absolute Gasteiger partial charge is 0.248 e. The molecule has 0 spiro atoms. The summed E-state index contributed by atoms with van der Waals surface area (Å²) in [5, 5.41) is 9.76. The molecular weight excluding hydrogens is 340 g/mol. The van der Waals surface area contributed by atoms with Crippen LogP contribution in [0.15, 0.2) is 41.4 Å². The molecule has 6 heteroatoms. The van der Waals surface area contributed by atoms with Crippen molar-refractivity contribution in [2.45, 2.75) is 39.3 Å². The van der Waals surface area contributed by atoms with Gasteiger partial charge in [0.1, 0.15) is 11.8 Å². The number of hydrogen-bond donors (Lipinski definition) is 3. The van der Waals surface area contributed by atoms with Gasteiger partial charge >= 0.3 is 0 Å². The van der Waals surface area contributed by atoms with E-state index in [1.54, 1.807) is 12.1 Å². The van der Waals surface area contributed by atoms with E-state index in [2.05, 4.69) is 17.1 Å². The van der Waals surface area contributed by atoms with Gasteiger partial charge in [-0.3, -0.25) is 4.79 Å². The van der Waals surface area contributed by atoms with Crippen LogP contribution >= 0.6 is 0 Å². The maximum atomic E-state index is 13.2. The number of nitrogens with zero attached hydrogens (tertiary/aromatic N) is 2. The van der Waals surface area contributed by atoms with Crippen molar-refractivity contribution in [2.24, 2.45) is 16.5 Å². The van der Waals surface area contributed by atoms with E-state index in [4.69, 9.17) is 11.5 Å². The van der Waals surface area contributed by atoms with Crippen LogP contribution in [0.3, 0.4) is 0 Å². The maximum Gasteiger partial charge on any atom is 0.248 e. The van der Waals surface area contributed by atoms with Gasteiger partial charge in [-0.05, 0) is 60.2 Å². The second kappa shape index (κ2) is 7.70. The summed E-state index contributed by atoms with van der Waals surface area (Å²) < 4.78 is 0. The highest BCUT2D eigenvalue weighted by atomic mass is 16.3. The van der Waals surface area contributed by atoms with E-state index in [0.29, 0.717) is 19.5 Å². The Hall–Kier alpha value is -3.02. The Morgan fingerprint density at radius 1 is 1.19 bits per heavy atom. The number of phenols is 1. The van der Waals surface area contributed by atoms with Crippen molar-refractivity contribution < 1.29 is 9.90 Å². The lowest BCUT2D eigenvalue weighted by Gasteiger charge is -2.31. The summed E-state index contributed by atoms with van der Waals surface area (Å²) in [5.74, 6) is 0.0377. The van der Waals surface area contributed by atoms with Crippen LogP contribution < -0.4 is 11.5 Å². The number of hydrogen-bond acceptors (Lipinski definition) is 3. The van der Waals surface area contributed by atoms with E-state index >= 15 is 0 Å². The van der Waals surface area contributed by atoms with Gasteiger partial charge in [0.25, 0.3) is 0 Å². The first-order valence-corrected chi connectivity index (χ1v) is 9.08. The molecular formula is C21H26N4O2. The summed E-state index contributed by atoms with van der Waals surface area (Å²) in [5.41, 5.74) is 16.5. The van der Waals surface area contributed by atoms with Gasteiger partial charge in [-0.2, -0.15) is 0 Å². The molecule has 2 aromatic rings. The SMILES string of the molecule is Cc1cc(O)cc(C)c1CC(N=C(N)N)C(=O)N1CCc2ccccc2C1. The average Bonchev–Trinajstić information content (AvgIpc) is 2.62. The molecule has 5 N–H and O–H groups in total. The van der Waals surface area contributed by atoms with E-state index in [-0.39, 0.29) is 17.6 Å². The highest BCUT2D eigenvalue weighted by Gasteiger charge is 2.28. The zero-order valence-corrected chi connectivity index (χ0v) is 15.8. The zero-order valence-electron chi connectivity index (χ0n) is 15.8. The van der Waals surface area contributed by atoms with Crippen LogP contribution in [0.5, 0.6) is 5.75 Å². The van der Waals surface area contributed by atoms with Crippen LogP contribution in [0.1, 0.15) is 27.8 Å². The van der Waals surface area contributed by atoms with E-state index < -0.39 is 6.04 Å². The van der Waals surface area contributed by atoms with Crippen LogP contribution in [0.2, 0.25) is 0 Å². The number of aryl methyl sites for hydroxylation is 2. The third-order valence-electron chi connectivity index (χ3n) is 5.11. The molecule has 2 aromatic carbocycles. The fourth-order valence-electron chi connectivity index (χ4n) is 3.75. The Labute approximate surface area is 159 Å². The molecule has 0 fully saturated rings. The minimum absolute atomic E-state index is 0.0789. The predicted molar refractivity (Wildman–Crippen MR) is 106 cm³/mol. The quantitative estimate of drug-likeness (QED) is 0.566. The van der Waals surface area contributed by atoms with E-state index in [9.17, 15) is 9.90 Å². The molecule has 0 saturated heterocycles. The molecule has 27 heavy (non-hydrogen) atoms. The highest BCUT2D eigenvalue weighted by Crippen LogP contribution is 2.25. The topological polar surface area (TPSA) is 105 Å². The number of carbonyl (C=O) groups is 1. The van der Waals surface area contributed by atoms with Crippen molar-refractivity contribution in [3.63, 3.8) is 0 Å². The molecule has 1 aliphatic heterocycles. The van der Waals surface area contributed by atoms with Gasteiger partial charge in [-0.25, -0.2) is 4.99 Å². The van der Waals surface area contributed by atoms with Crippen molar-refractivity contribution in [3.05, 3.63) is 64.2 Å². The first-order valence-electron chi connectivity index (χ1n) is 9.08. The van der Waals surface area contributed by atoms with Gasteiger partial charge in [0.2, 0.25) is 5.91 Å². The van der Waals surface area contributed by atoms with Gasteiger partial charge in [0, 0.05) is 19.5 Å². The molecule has 0 saturated carbocycles. The number of phenolic OH excluding ortho intramolecular Hbond substituents is 1. The van der Waals surface area contributed by atoms with E-state index in [1.165, 1.54) is 5.56 Å². The number of nitrogens with two attached hydrogens (primary N) is 2.